The van der Waals surface area contributed by atoms with Gasteiger partial charge in [0, 0.05) is 44.3 Å². The van der Waals surface area contributed by atoms with Crippen LogP contribution in [0, 0.1) is 6.92 Å². The predicted octanol–water partition coefficient (Wildman–Crippen LogP) is 1.73. The fourth-order valence-electron chi connectivity index (χ4n) is 3.43. The van der Waals surface area contributed by atoms with E-state index in [0.717, 1.165) is 43.2 Å². The summed E-state index contributed by atoms with van der Waals surface area (Å²) >= 11 is 0. The third-order valence-corrected chi connectivity index (χ3v) is 4.96. The Morgan fingerprint density at radius 3 is 3.08 bits per heavy atom. The summed E-state index contributed by atoms with van der Waals surface area (Å²) in [6.45, 7) is 6.83. The molecule has 7 nitrogen and oxygen atoms in total. The summed E-state index contributed by atoms with van der Waals surface area (Å²) < 4.78 is 7.34. The second kappa shape index (κ2) is 6.85. The molecule has 2 saturated heterocycles. The molecule has 0 radical (unpaired) electrons. The lowest BCUT2D eigenvalue weighted by Gasteiger charge is -2.43. The number of rotatable bonds is 2. The number of anilines is 1. The van der Waals surface area contributed by atoms with E-state index in [1.165, 1.54) is 0 Å². The molecule has 7 heteroatoms. The van der Waals surface area contributed by atoms with Gasteiger partial charge < -0.3 is 15.0 Å². The average molecular weight is 341 g/mol. The van der Waals surface area contributed by atoms with Crippen LogP contribution in [0.2, 0.25) is 0 Å². The van der Waals surface area contributed by atoms with E-state index < -0.39 is 0 Å². The van der Waals surface area contributed by atoms with Crippen molar-refractivity contribution in [3.63, 3.8) is 0 Å². The molecule has 4 rings (SSSR count). The van der Waals surface area contributed by atoms with Gasteiger partial charge in [-0.2, -0.15) is 5.10 Å². The number of fused-ring (bicyclic) bond motifs is 1. The number of urea groups is 1. The van der Waals surface area contributed by atoms with Crippen LogP contribution in [0.5, 0.6) is 0 Å². The summed E-state index contributed by atoms with van der Waals surface area (Å²) in [6.07, 6.45) is 3.63. The quantitative estimate of drug-likeness (QED) is 0.904. The first-order valence-electron chi connectivity index (χ1n) is 8.69. The molecular formula is C18H23N5O2. The van der Waals surface area contributed by atoms with Crippen LogP contribution in [-0.4, -0.2) is 71.0 Å². The van der Waals surface area contributed by atoms with Crippen LogP contribution >= 0.6 is 0 Å². The third-order valence-electron chi connectivity index (χ3n) is 4.96. The van der Waals surface area contributed by atoms with Gasteiger partial charge in [-0.15, -0.1) is 0 Å². The van der Waals surface area contributed by atoms with Gasteiger partial charge in [-0.05, 0) is 30.7 Å². The van der Waals surface area contributed by atoms with Crippen molar-refractivity contribution >= 4 is 11.7 Å². The number of nitrogens with zero attached hydrogens (tertiary/aromatic N) is 4. The number of ether oxygens (including phenoxy) is 1. The maximum atomic E-state index is 12.7. The van der Waals surface area contributed by atoms with Crippen molar-refractivity contribution in [2.24, 2.45) is 0 Å². The molecule has 0 unspecified atom stereocenters. The smallest absolute Gasteiger partial charge is 0.321 e. The van der Waals surface area contributed by atoms with Gasteiger partial charge in [0.2, 0.25) is 0 Å². The Labute approximate surface area is 147 Å². The highest BCUT2D eigenvalue weighted by Gasteiger charge is 2.31. The average Bonchev–Trinajstić information content (AvgIpc) is 3.18. The van der Waals surface area contributed by atoms with Crippen LogP contribution in [-0.2, 0) is 4.74 Å². The molecule has 2 aromatic rings. The van der Waals surface area contributed by atoms with E-state index in [1.807, 2.05) is 42.3 Å². The van der Waals surface area contributed by atoms with Gasteiger partial charge in [0.1, 0.15) is 0 Å². The third kappa shape index (κ3) is 3.38. The molecule has 2 aliphatic heterocycles. The van der Waals surface area contributed by atoms with Crippen LogP contribution in [0.15, 0.2) is 36.7 Å². The first-order chi connectivity index (χ1) is 12.2. The van der Waals surface area contributed by atoms with Crippen molar-refractivity contribution in [2.75, 3.05) is 44.7 Å². The van der Waals surface area contributed by atoms with Crippen LogP contribution in [0.3, 0.4) is 0 Å². The van der Waals surface area contributed by atoms with Crippen LogP contribution in [0.25, 0.3) is 5.69 Å². The Morgan fingerprint density at radius 1 is 1.32 bits per heavy atom. The van der Waals surface area contributed by atoms with Crippen molar-refractivity contribution in [2.45, 2.75) is 13.0 Å². The van der Waals surface area contributed by atoms with Gasteiger partial charge in [0.15, 0.2) is 0 Å². The molecule has 25 heavy (non-hydrogen) atoms. The van der Waals surface area contributed by atoms with Crippen molar-refractivity contribution in [1.29, 1.82) is 0 Å². The van der Waals surface area contributed by atoms with Gasteiger partial charge in [0.05, 0.1) is 24.9 Å². The predicted molar refractivity (Wildman–Crippen MR) is 95.1 cm³/mol. The second-order valence-corrected chi connectivity index (χ2v) is 6.59. The maximum absolute atomic E-state index is 12.7. The minimum atomic E-state index is -0.0501. The van der Waals surface area contributed by atoms with Gasteiger partial charge in [-0.3, -0.25) is 4.90 Å². The summed E-state index contributed by atoms with van der Waals surface area (Å²) in [5.74, 6) is 0. The molecule has 0 bridgehead atoms. The molecular weight excluding hydrogens is 318 g/mol. The van der Waals surface area contributed by atoms with E-state index in [4.69, 9.17) is 4.74 Å². The van der Waals surface area contributed by atoms with Crippen LogP contribution in [0.1, 0.15) is 5.56 Å². The number of morpholine rings is 1. The van der Waals surface area contributed by atoms with E-state index in [1.54, 1.807) is 10.9 Å². The monoisotopic (exact) mass is 341 g/mol. The number of benzene rings is 1. The lowest BCUT2D eigenvalue weighted by molar-refractivity contribution is -0.0355. The topological polar surface area (TPSA) is 62.6 Å². The highest BCUT2D eigenvalue weighted by molar-refractivity contribution is 5.90. The van der Waals surface area contributed by atoms with Crippen LogP contribution < -0.4 is 5.32 Å². The highest BCUT2D eigenvalue weighted by atomic mass is 16.5. The maximum Gasteiger partial charge on any atom is 0.321 e. The molecule has 0 saturated carbocycles. The van der Waals surface area contributed by atoms with Crippen molar-refractivity contribution in [3.8, 4) is 5.69 Å². The van der Waals surface area contributed by atoms with Crippen molar-refractivity contribution in [3.05, 3.63) is 42.2 Å². The van der Waals surface area contributed by atoms with Crippen molar-refractivity contribution < 1.29 is 9.53 Å². The van der Waals surface area contributed by atoms with E-state index in [0.29, 0.717) is 19.2 Å². The number of piperazine rings is 1. The van der Waals surface area contributed by atoms with Crippen molar-refractivity contribution in [1.82, 2.24) is 19.6 Å². The minimum absolute atomic E-state index is 0.0501. The van der Waals surface area contributed by atoms with E-state index in [9.17, 15) is 4.79 Å². The molecule has 0 spiro atoms. The van der Waals surface area contributed by atoms with E-state index >= 15 is 0 Å². The van der Waals surface area contributed by atoms with E-state index in [2.05, 4.69) is 15.3 Å². The largest absolute Gasteiger partial charge is 0.378 e. The zero-order valence-electron chi connectivity index (χ0n) is 14.4. The van der Waals surface area contributed by atoms with Gasteiger partial charge in [0.25, 0.3) is 0 Å². The summed E-state index contributed by atoms with van der Waals surface area (Å²) in [6, 6.07) is 8.09. The summed E-state index contributed by atoms with van der Waals surface area (Å²) in [7, 11) is 0. The zero-order valence-corrected chi connectivity index (χ0v) is 14.4. The molecule has 1 atom stereocenters. The number of aryl methyl sites for hydroxylation is 1. The van der Waals surface area contributed by atoms with Gasteiger partial charge in [-0.25, -0.2) is 9.48 Å². The first kappa shape index (κ1) is 16.1. The number of hydrogen-bond donors (Lipinski definition) is 1. The summed E-state index contributed by atoms with van der Waals surface area (Å²) in [5.41, 5.74) is 2.78. The number of hydrogen-bond acceptors (Lipinski definition) is 4. The number of amides is 2. The Kier molecular flexibility index (Phi) is 4.42. The van der Waals surface area contributed by atoms with E-state index in [-0.39, 0.29) is 6.03 Å². The first-order valence-corrected chi connectivity index (χ1v) is 8.69. The summed E-state index contributed by atoms with van der Waals surface area (Å²) in [4.78, 5) is 17.0. The number of aromatic nitrogens is 2. The number of carbonyl (C=O) groups is 1. The highest BCUT2D eigenvalue weighted by Crippen LogP contribution is 2.21. The number of carbonyl (C=O) groups excluding carboxylic acids is 1. The zero-order chi connectivity index (χ0) is 17.2. The molecule has 2 aliphatic rings. The van der Waals surface area contributed by atoms with Crippen LogP contribution in [0.4, 0.5) is 10.5 Å². The Morgan fingerprint density at radius 2 is 2.24 bits per heavy atom. The fourth-order valence-corrected chi connectivity index (χ4v) is 3.43. The standard InChI is InChI=1S/C18H23N5O2/c1-14-3-4-15(23-6-2-5-19-23)11-17(14)20-18(24)22-8-7-21-9-10-25-13-16(21)12-22/h2-6,11,16H,7-10,12-13H2,1H3,(H,20,24)/t16-/m0/s1. The molecule has 1 aromatic heterocycles. The molecule has 3 heterocycles. The lowest BCUT2D eigenvalue weighted by atomic mass is 10.1. The summed E-state index contributed by atoms with van der Waals surface area (Å²) in [5, 5.41) is 7.31. The Balaban J connectivity index is 1.46. The number of nitrogens with one attached hydrogen (secondary N) is 1. The van der Waals surface area contributed by atoms with Gasteiger partial charge >= 0.3 is 6.03 Å². The molecule has 1 N–H and O–H groups in total. The van der Waals surface area contributed by atoms with Gasteiger partial charge in [-0.1, -0.05) is 6.07 Å². The molecule has 2 amide bonds. The normalized spacial score (nSPS) is 21.0. The molecule has 132 valence electrons. The Bertz CT molecular complexity index is 746. The molecule has 0 aliphatic carbocycles. The molecule has 2 fully saturated rings. The SMILES string of the molecule is Cc1ccc(-n2cccn2)cc1NC(=O)N1CCN2CCOC[C@@H]2C1. The molecule has 1 aromatic carbocycles. The minimum Gasteiger partial charge on any atom is -0.378 e. The second-order valence-electron chi connectivity index (χ2n) is 6.59. The fraction of sp³-hybridized carbons (Fsp3) is 0.444. The Hall–Kier alpha value is -2.38. The lowest BCUT2D eigenvalue weighted by Crippen LogP contribution is -2.59.